The van der Waals surface area contributed by atoms with Crippen LogP contribution in [0.3, 0.4) is 0 Å². The highest BCUT2D eigenvalue weighted by Crippen LogP contribution is 2.32. The molecule has 178 valence electrons. The predicted octanol–water partition coefficient (Wildman–Crippen LogP) is 4.25. The molecule has 2 aromatic heterocycles. The average Bonchev–Trinajstić information content (AvgIpc) is 3.31. The van der Waals surface area contributed by atoms with Crippen molar-refractivity contribution in [1.82, 2.24) is 14.7 Å². The summed E-state index contributed by atoms with van der Waals surface area (Å²) >= 11 is 6.06. The molecule has 35 heavy (non-hydrogen) atoms. The van der Waals surface area contributed by atoms with Crippen LogP contribution in [0.25, 0.3) is 22.8 Å². The molecule has 0 aliphatic carbocycles. The van der Waals surface area contributed by atoms with Gasteiger partial charge in [-0.15, -0.1) is 0 Å². The van der Waals surface area contributed by atoms with Gasteiger partial charge < -0.3 is 23.9 Å². The van der Waals surface area contributed by atoms with Gasteiger partial charge in [0, 0.05) is 28.0 Å². The quantitative estimate of drug-likeness (QED) is 0.443. The van der Waals surface area contributed by atoms with E-state index in [0.717, 1.165) is 0 Å². The average molecular weight is 493 g/mol. The minimum absolute atomic E-state index is 0.0727. The van der Waals surface area contributed by atoms with E-state index in [1.54, 1.807) is 62.4 Å². The van der Waals surface area contributed by atoms with E-state index in [1.165, 1.54) is 4.57 Å². The largest absolute Gasteiger partial charge is 0.486 e. The number of nitrogens with one attached hydrogen (secondary N) is 1. The Labute approximate surface area is 205 Å². The number of fused-ring (bicyclic) bond motifs is 1. The number of ether oxygens (including phenoxy) is 2. The van der Waals surface area contributed by atoms with Crippen molar-refractivity contribution in [2.45, 2.75) is 20.4 Å². The summed E-state index contributed by atoms with van der Waals surface area (Å²) in [5.74, 6) is 1.20. The van der Waals surface area contributed by atoms with Crippen molar-refractivity contribution in [2.75, 3.05) is 18.5 Å². The Balaban J connectivity index is 1.41. The van der Waals surface area contributed by atoms with Gasteiger partial charge in [-0.3, -0.25) is 9.59 Å². The van der Waals surface area contributed by atoms with Gasteiger partial charge in [0.1, 0.15) is 25.3 Å². The summed E-state index contributed by atoms with van der Waals surface area (Å²) in [6.45, 7) is 4.28. The fourth-order valence-corrected chi connectivity index (χ4v) is 4.11. The van der Waals surface area contributed by atoms with Crippen LogP contribution in [0.5, 0.6) is 11.5 Å². The van der Waals surface area contributed by atoms with Gasteiger partial charge in [-0.1, -0.05) is 28.9 Å². The fourth-order valence-electron chi connectivity index (χ4n) is 3.92. The Hall–Kier alpha value is -4.11. The van der Waals surface area contributed by atoms with Crippen LogP contribution in [0.1, 0.15) is 11.3 Å². The number of halogens is 1. The molecule has 0 radical (unpaired) electrons. The molecule has 5 rings (SSSR count). The van der Waals surface area contributed by atoms with Crippen LogP contribution in [-0.2, 0) is 11.3 Å². The topological polar surface area (TPSA) is 108 Å². The van der Waals surface area contributed by atoms with E-state index in [9.17, 15) is 9.59 Å². The molecule has 0 unspecified atom stereocenters. The Morgan fingerprint density at radius 2 is 1.89 bits per heavy atom. The molecule has 2 aromatic carbocycles. The van der Waals surface area contributed by atoms with Crippen LogP contribution >= 0.6 is 11.6 Å². The van der Waals surface area contributed by atoms with E-state index in [2.05, 4.69) is 15.5 Å². The van der Waals surface area contributed by atoms with Gasteiger partial charge in [-0.2, -0.15) is 4.98 Å². The first-order valence-electron chi connectivity index (χ1n) is 10.9. The third-order valence-corrected chi connectivity index (χ3v) is 5.79. The van der Waals surface area contributed by atoms with E-state index >= 15 is 0 Å². The van der Waals surface area contributed by atoms with E-state index in [1.807, 2.05) is 0 Å². The zero-order chi connectivity index (χ0) is 24.5. The van der Waals surface area contributed by atoms with Gasteiger partial charge in [0.2, 0.25) is 11.7 Å². The summed E-state index contributed by atoms with van der Waals surface area (Å²) in [7, 11) is 0. The summed E-state index contributed by atoms with van der Waals surface area (Å²) in [6, 6.07) is 14.0. The van der Waals surface area contributed by atoms with Gasteiger partial charge >= 0.3 is 0 Å². The molecule has 9 nitrogen and oxygen atoms in total. The summed E-state index contributed by atoms with van der Waals surface area (Å²) in [5.41, 5.74) is 2.34. The smallest absolute Gasteiger partial charge is 0.264 e. The molecule has 0 saturated heterocycles. The lowest BCUT2D eigenvalue weighted by molar-refractivity contribution is -0.116. The van der Waals surface area contributed by atoms with Crippen LogP contribution < -0.4 is 20.3 Å². The maximum atomic E-state index is 13.4. The standard InChI is InChI=1S/C25H21ClN4O5/c1-14-10-15(2)30(13-21(31)27-18-6-7-19-20(12-18)34-9-8-33-19)25(32)22(14)24-28-23(29-35-24)16-4-3-5-17(26)11-16/h3-7,10-12H,8-9,13H2,1-2H3,(H,27,31). The van der Waals surface area contributed by atoms with Gasteiger partial charge in [-0.25, -0.2) is 0 Å². The van der Waals surface area contributed by atoms with Crippen LogP contribution in [0.15, 0.2) is 57.8 Å². The lowest BCUT2D eigenvalue weighted by atomic mass is 10.1. The van der Waals surface area contributed by atoms with Gasteiger partial charge in [-0.05, 0) is 49.7 Å². The Bertz CT molecular complexity index is 1490. The van der Waals surface area contributed by atoms with E-state index in [-0.39, 0.29) is 23.9 Å². The molecule has 0 bridgehead atoms. The second-order valence-electron chi connectivity index (χ2n) is 8.08. The second kappa shape index (κ2) is 9.27. The molecule has 3 heterocycles. The molecule has 1 aliphatic rings. The summed E-state index contributed by atoms with van der Waals surface area (Å²) in [6.07, 6.45) is 0. The third-order valence-electron chi connectivity index (χ3n) is 5.55. The highest BCUT2D eigenvalue weighted by molar-refractivity contribution is 6.30. The minimum Gasteiger partial charge on any atom is -0.486 e. The molecule has 4 aromatic rings. The molecule has 0 saturated carbocycles. The number of rotatable bonds is 5. The maximum Gasteiger partial charge on any atom is 0.264 e. The number of pyridine rings is 1. The number of amides is 1. The summed E-state index contributed by atoms with van der Waals surface area (Å²) in [5, 5.41) is 7.33. The molecule has 0 atom stereocenters. The number of aryl methyl sites for hydroxylation is 2. The van der Waals surface area contributed by atoms with Crippen LogP contribution in [0.2, 0.25) is 5.02 Å². The van der Waals surface area contributed by atoms with E-state index in [4.69, 9.17) is 25.6 Å². The fraction of sp³-hybridized carbons (Fsp3) is 0.200. The van der Waals surface area contributed by atoms with Gasteiger partial charge in [0.25, 0.3) is 11.4 Å². The molecule has 1 N–H and O–H groups in total. The first-order chi connectivity index (χ1) is 16.9. The highest BCUT2D eigenvalue weighted by atomic mass is 35.5. The molecule has 0 spiro atoms. The summed E-state index contributed by atoms with van der Waals surface area (Å²) in [4.78, 5) is 30.6. The second-order valence-corrected chi connectivity index (χ2v) is 8.51. The molecule has 0 fully saturated rings. The lowest BCUT2D eigenvalue weighted by Gasteiger charge is -2.19. The highest BCUT2D eigenvalue weighted by Gasteiger charge is 2.21. The summed E-state index contributed by atoms with van der Waals surface area (Å²) < 4.78 is 17.8. The van der Waals surface area contributed by atoms with Crippen molar-refractivity contribution in [3.05, 3.63) is 75.2 Å². The molecule has 10 heteroatoms. The monoisotopic (exact) mass is 492 g/mol. The molecular formula is C25H21ClN4O5. The minimum atomic E-state index is -0.402. The number of hydrogen-bond acceptors (Lipinski definition) is 7. The number of hydrogen-bond donors (Lipinski definition) is 1. The molecular weight excluding hydrogens is 472 g/mol. The number of aromatic nitrogens is 3. The van der Waals surface area contributed by atoms with Crippen molar-refractivity contribution in [2.24, 2.45) is 0 Å². The van der Waals surface area contributed by atoms with E-state index in [0.29, 0.717) is 58.1 Å². The molecule has 1 amide bonds. The number of anilines is 1. The number of benzene rings is 2. The number of carbonyl (C=O) groups excluding carboxylic acids is 1. The van der Waals surface area contributed by atoms with Crippen molar-refractivity contribution in [1.29, 1.82) is 0 Å². The zero-order valence-electron chi connectivity index (χ0n) is 19.0. The number of carbonyl (C=O) groups is 1. The lowest BCUT2D eigenvalue weighted by Crippen LogP contribution is -2.30. The van der Waals surface area contributed by atoms with Crippen molar-refractivity contribution >= 4 is 23.2 Å². The van der Waals surface area contributed by atoms with Crippen molar-refractivity contribution in [3.63, 3.8) is 0 Å². The van der Waals surface area contributed by atoms with Crippen molar-refractivity contribution < 1.29 is 18.8 Å². The van der Waals surface area contributed by atoms with Gasteiger partial charge in [0.05, 0.1) is 0 Å². The SMILES string of the molecule is Cc1cc(C)n(CC(=O)Nc2ccc3c(c2)OCCO3)c(=O)c1-c1nc(-c2cccc(Cl)c2)no1. The maximum absolute atomic E-state index is 13.4. The number of nitrogens with zero attached hydrogens (tertiary/aromatic N) is 3. The zero-order valence-corrected chi connectivity index (χ0v) is 19.8. The Kier molecular flexibility index (Phi) is 6.00. The first-order valence-corrected chi connectivity index (χ1v) is 11.3. The van der Waals surface area contributed by atoms with E-state index < -0.39 is 5.56 Å². The molecule has 1 aliphatic heterocycles. The van der Waals surface area contributed by atoms with Crippen molar-refractivity contribution in [3.8, 4) is 34.3 Å². The van der Waals surface area contributed by atoms with Crippen LogP contribution in [-0.4, -0.2) is 33.8 Å². The first kappa shape index (κ1) is 22.7. The Morgan fingerprint density at radius 3 is 2.69 bits per heavy atom. The third kappa shape index (κ3) is 4.63. The van der Waals surface area contributed by atoms with Crippen LogP contribution in [0.4, 0.5) is 5.69 Å². The predicted molar refractivity (Wildman–Crippen MR) is 130 cm³/mol. The van der Waals surface area contributed by atoms with Gasteiger partial charge in [0.15, 0.2) is 11.5 Å². The van der Waals surface area contributed by atoms with Crippen LogP contribution in [0, 0.1) is 13.8 Å². The Morgan fingerprint density at radius 1 is 1.09 bits per heavy atom. The normalized spacial score (nSPS) is 12.4.